The van der Waals surface area contributed by atoms with Crippen molar-refractivity contribution in [1.29, 1.82) is 0 Å². The molecule has 0 atom stereocenters. The number of aryl methyl sites for hydroxylation is 1. The number of primary amides is 1. The molecule has 264 valence electrons. The van der Waals surface area contributed by atoms with Crippen LogP contribution in [0.3, 0.4) is 0 Å². The summed E-state index contributed by atoms with van der Waals surface area (Å²) in [5, 5.41) is 17.3. The number of pyridine rings is 1. The van der Waals surface area contributed by atoms with Crippen LogP contribution in [0.15, 0.2) is 48.7 Å². The number of thiazole rings is 1. The van der Waals surface area contributed by atoms with Gasteiger partial charge in [0, 0.05) is 36.8 Å². The Hall–Kier alpha value is -4.96. The van der Waals surface area contributed by atoms with E-state index in [1.807, 2.05) is 48.9 Å². The third kappa shape index (κ3) is 8.98. The Morgan fingerprint density at radius 3 is 2.44 bits per heavy atom. The number of benzene rings is 1. The molecule has 0 fully saturated rings. The number of carbonyl (C=O) groups is 2. The summed E-state index contributed by atoms with van der Waals surface area (Å²) in [6, 6.07) is 13.2. The quantitative estimate of drug-likeness (QED) is 0.121. The highest BCUT2D eigenvalue weighted by Crippen LogP contribution is 2.32. The number of hydrogen-bond donors (Lipinski definition) is 3. The number of sulfonamides is 1. The molecule has 1 aromatic carbocycles. The topological polar surface area (TPSA) is 191 Å². The van der Waals surface area contributed by atoms with Crippen molar-refractivity contribution in [2.75, 3.05) is 23.0 Å². The van der Waals surface area contributed by atoms with Crippen LogP contribution in [-0.4, -0.2) is 63.0 Å². The zero-order valence-electron chi connectivity index (χ0n) is 29.0. The molecule has 0 spiro atoms. The molecule has 4 heterocycles. The second kappa shape index (κ2) is 14.9. The first kappa shape index (κ1) is 36.3. The summed E-state index contributed by atoms with van der Waals surface area (Å²) in [5.41, 5.74) is 8.65. The lowest BCUT2D eigenvalue weighted by Crippen LogP contribution is -2.33. The normalized spacial score (nSPS) is 11.9. The molecule has 0 radical (unpaired) electrons. The van der Waals surface area contributed by atoms with Gasteiger partial charge >= 0.3 is 0 Å². The van der Waals surface area contributed by atoms with Crippen LogP contribution < -0.4 is 20.7 Å². The Labute approximate surface area is 295 Å². The first-order valence-electron chi connectivity index (χ1n) is 16.2. The van der Waals surface area contributed by atoms with Gasteiger partial charge in [0.25, 0.3) is 5.91 Å². The molecule has 0 saturated carbocycles. The van der Waals surface area contributed by atoms with E-state index in [4.69, 9.17) is 5.73 Å². The summed E-state index contributed by atoms with van der Waals surface area (Å²) in [5.74, 6) is -0.241. The zero-order chi connectivity index (χ0) is 36.2. The third-order valence-electron chi connectivity index (χ3n) is 7.88. The number of nitrogens with one attached hydrogen (secondary N) is 2. The van der Waals surface area contributed by atoms with Crippen molar-refractivity contribution < 1.29 is 18.0 Å². The highest BCUT2D eigenvalue weighted by molar-refractivity contribution is 7.90. The molecule has 4 aromatic heterocycles. The van der Waals surface area contributed by atoms with Gasteiger partial charge in [-0.2, -0.15) is 5.10 Å². The van der Waals surface area contributed by atoms with Gasteiger partial charge in [-0.05, 0) is 68.0 Å². The summed E-state index contributed by atoms with van der Waals surface area (Å²) in [7, 11) is -2.27. The summed E-state index contributed by atoms with van der Waals surface area (Å²) >= 11 is 1.51. The number of nitrogens with two attached hydrogens (primary N) is 1. The van der Waals surface area contributed by atoms with Crippen molar-refractivity contribution >= 4 is 66.0 Å². The Kier molecular flexibility index (Phi) is 10.8. The lowest BCUT2D eigenvalue weighted by atomic mass is 9.97. The fourth-order valence-electron chi connectivity index (χ4n) is 5.26. The Morgan fingerprint density at radius 1 is 0.980 bits per heavy atom. The maximum absolute atomic E-state index is 13.7. The maximum Gasteiger partial charge on any atom is 0.284 e. The van der Waals surface area contributed by atoms with Crippen molar-refractivity contribution in [3.63, 3.8) is 0 Å². The molecular formula is C34H42N10O4S2. The molecule has 0 aliphatic carbocycles. The van der Waals surface area contributed by atoms with E-state index in [1.54, 1.807) is 30.3 Å². The van der Waals surface area contributed by atoms with Crippen LogP contribution in [0.4, 0.5) is 22.6 Å². The number of fused-ring (bicyclic) bond motifs is 1. The standard InChI is InChI=1S/C34H42N10O4S2/c1-21-18-29(40-41-31(21)39-33-37-25-12-9-10-13-26(25)49-33)43(6)28-16-15-23(24-19-36-44(22(24)2)20-34(3,4)5)30(38-28)32(46)42-50(47,48)17-11-7-8-14-27(35)45/h9-10,12-13,15-16,18-19H,7-8,11,14,17,20H2,1-6H3,(H2,35,45)(H,42,46)(H,37,39,41). The average Bonchev–Trinajstić information content (AvgIpc) is 3.62. The van der Waals surface area contributed by atoms with Crippen LogP contribution >= 0.6 is 11.3 Å². The molecule has 50 heavy (non-hydrogen) atoms. The number of nitrogens with zero attached hydrogens (tertiary/aromatic N) is 7. The fraction of sp³-hybridized carbons (Fsp3) is 0.382. The molecule has 0 saturated heterocycles. The molecule has 0 unspecified atom stereocenters. The predicted molar refractivity (Wildman–Crippen MR) is 196 cm³/mol. The highest BCUT2D eigenvalue weighted by Gasteiger charge is 2.25. The molecule has 5 rings (SSSR count). The monoisotopic (exact) mass is 718 g/mol. The van der Waals surface area contributed by atoms with E-state index in [0.29, 0.717) is 53.1 Å². The number of anilines is 4. The van der Waals surface area contributed by atoms with Gasteiger partial charge in [0.2, 0.25) is 15.9 Å². The predicted octanol–water partition coefficient (Wildman–Crippen LogP) is 5.62. The van der Waals surface area contributed by atoms with Gasteiger partial charge in [-0.15, -0.1) is 10.2 Å². The fourth-order valence-corrected chi connectivity index (χ4v) is 7.19. The maximum atomic E-state index is 13.7. The third-order valence-corrected chi connectivity index (χ3v) is 10.1. The summed E-state index contributed by atoms with van der Waals surface area (Å²) < 4.78 is 31.1. The zero-order valence-corrected chi connectivity index (χ0v) is 30.7. The van der Waals surface area contributed by atoms with Crippen molar-refractivity contribution in [3.05, 3.63) is 65.6 Å². The lowest BCUT2D eigenvalue weighted by Gasteiger charge is -2.20. The number of carbonyl (C=O) groups excluding carboxylic acids is 2. The minimum absolute atomic E-state index is 0.0524. The van der Waals surface area contributed by atoms with Crippen LogP contribution in [0, 0.1) is 19.3 Å². The molecule has 2 amide bonds. The minimum atomic E-state index is -4.01. The van der Waals surface area contributed by atoms with Gasteiger partial charge in [-0.3, -0.25) is 14.3 Å². The van der Waals surface area contributed by atoms with Crippen molar-refractivity contribution in [3.8, 4) is 11.1 Å². The second-order valence-electron chi connectivity index (χ2n) is 13.4. The van der Waals surface area contributed by atoms with Gasteiger partial charge in [0.1, 0.15) is 11.5 Å². The molecule has 0 bridgehead atoms. The van der Waals surface area contributed by atoms with E-state index in [-0.39, 0.29) is 29.7 Å². The molecular weight excluding hydrogens is 677 g/mol. The van der Waals surface area contributed by atoms with Gasteiger partial charge in [0.05, 0.1) is 22.2 Å². The number of amides is 2. The lowest BCUT2D eigenvalue weighted by molar-refractivity contribution is -0.118. The number of unbranched alkanes of at least 4 members (excludes halogenated alkanes) is 2. The summed E-state index contributed by atoms with van der Waals surface area (Å²) in [4.78, 5) is 35.7. The summed E-state index contributed by atoms with van der Waals surface area (Å²) in [6.07, 6.45) is 3.05. The van der Waals surface area contributed by atoms with Crippen LogP contribution in [0.2, 0.25) is 0 Å². The Bertz CT molecular complexity index is 2100. The van der Waals surface area contributed by atoms with Crippen LogP contribution in [0.5, 0.6) is 0 Å². The molecule has 14 nitrogen and oxygen atoms in total. The number of rotatable bonds is 14. The van der Waals surface area contributed by atoms with Crippen LogP contribution in [-0.2, 0) is 21.4 Å². The SMILES string of the molecule is Cc1cc(N(C)c2ccc(-c3cnn(CC(C)(C)C)c3C)c(C(=O)NS(=O)(=O)CCCCCC(N)=O)n2)nnc1Nc1nc2ccccc2s1. The van der Waals surface area contributed by atoms with E-state index >= 15 is 0 Å². The Balaban J connectivity index is 1.42. The van der Waals surface area contributed by atoms with E-state index in [9.17, 15) is 18.0 Å². The number of para-hydroxylation sites is 1. The van der Waals surface area contributed by atoms with Crippen molar-refractivity contribution in [2.24, 2.45) is 11.1 Å². The summed E-state index contributed by atoms with van der Waals surface area (Å²) in [6.45, 7) is 10.7. The van der Waals surface area contributed by atoms with E-state index in [1.165, 1.54) is 11.3 Å². The molecule has 5 aromatic rings. The first-order valence-corrected chi connectivity index (χ1v) is 18.6. The molecule has 16 heteroatoms. The average molecular weight is 719 g/mol. The van der Waals surface area contributed by atoms with Crippen molar-refractivity contribution in [1.82, 2.24) is 34.7 Å². The van der Waals surface area contributed by atoms with Crippen molar-refractivity contribution in [2.45, 2.75) is 66.8 Å². The molecule has 0 aliphatic heterocycles. The number of aromatic nitrogens is 6. The second-order valence-corrected chi connectivity index (χ2v) is 16.2. The van der Waals surface area contributed by atoms with E-state index in [0.717, 1.165) is 21.5 Å². The minimum Gasteiger partial charge on any atom is -0.370 e. The smallest absolute Gasteiger partial charge is 0.284 e. The van der Waals surface area contributed by atoms with Gasteiger partial charge in [0.15, 0.2) is 16.8 Å². The molecule has 0 aliphatic rings. The van der Waals surface area contributed by atoms with E-state index in [2.05, 4.69) is 56.1 Å². The highest BCUT2D eigenvalue weighted by atomic mass is 32.2. The van der Waals surface area contributed by atoms with Gasteiger partial charge in [-0.1, -0.05) is 50.7 Å². The Morgan fingerprint density at radius 2 is 1.74 bits per heavy atom. The van der Waals surface area contributed by atoms with Gasteiger partial charge in [-0.25, -0.2) is 23.1 Å². The van der Waals surface area contributed by atoms with Gasteiger partial charge < -0.3 is 16.0 Å². The number of hydrogen-bond acceptors (Lipinski definition) is 12. The molecule has 4 N–H and O–H groups in total. The van der Waals surface area contributed by atoms with Crippen LogP contribution in [0.25, 0.3) is 21.3 Å². The first-order chi connectivity index (χ1) is 23.6. The van der Waals surface area contributed by atoms with Crippen LogP contribution in [0.1, 0.15) is 68.2 Å². The largest absolute Gasteiger partial charge is 0.370 e. The van der Waals surface area contributed by atoms with E-state index < -0.39 is 21.8 Å².